The minimum absolute atomic E-state index is 0.0137. The molecule has 0 aromatic carbocycles. The Hall–Kier alpha value is -2.50. The fourth-order valence-corrected chi connectivity index (χ4v) is 5.56. The highest BCUT2D eigenvalue weighted by Gasteiger charge is 2.36. The van der Waals surface area contributed by atoms with Gasteiger partial charge in [0.25, 0.3) is 15.9 Å². The van der Waals surface area contributed by atoms with Crippen molar-refractivity contribution in [1.82, 2.24) is 19.8 Å². The van der Waals surface area contributed by atoms with E-state index in [2.05, 4.69) is 20.8 Å². The second-order valence-electron chi connectivity index (χ2n) is 8.48. The lowest BCUT2D eigenvalue weighted by molar-refractivity contribution is 0.0905. The number of anilines is 1. The fourth-order valence-electron chi connectivity index (χ4n) is 3.95. The number of pyridine rings is 1. The zero-order valence-corrected chi connectivity index (χ0v) is 19.0. The number of hydrogen-bond donors (Lipinski definition) is 3. The van der Waals surface area contributed by atoms with Gasteiger partial charge in [0.1, 0.15) is 11.6 Å². The van der Waals surface area contributed by atoms with Gasteiger partial charge in [0.2, 0.25) is 0 Å². The molecule has 1 saturated carbocycles. The normalized spacial score (nSPS) is 21.9. The van der Waals surface area contributed by atoms with Crippen LogP contribution in [0.4, 0.5) is 5.82 Å². The molecule has 10 nitrogen and oxygen atoms in total. The van der Waals surface area contributed by atoms with Gasteiger partial charge >= 0.3 is 0 Å². The summed E-state index contributed by atoms with van der Waals surface area (Å²) in [7, 11) is -3.75. The summed E-state index contributed by atoms with van der Waals surface area (Å²) >= 11 is 0. The molecular weight excluding hydrogens is 432 g/mol. The van der Waals surface area contributed by atoms with Crippen LogP contribution in [0.25, 0.3) is 0 Å². The number of nitrogens with one attached hydrogen (secondary N) is 2. The van der Waals surface area contributed by atoms with E-state index >= 15 is 0 Å². The lowest BCUT2D eigenvalue weighted by Crippen LogP contribution is -2.50. The number of sulfonamides is 1. The lowest BCUT2D eigenvalue weighted by Gasteiger charge is -2.36. The summed E-state index contributed by atoms with van der Waals surface area (Å²) < 4.78 is 33.1. The summed E-state index contributed by atoms with van der Waals surface area (Å²) in [6.45, 7) is 3.32. The van der Waals surface area contributed by atoms with Crippen LogP contribution in [0.15, 0.2) is 33.8 Å². The third kappa shape index (κ3) is 5.11. The minimum atomic E-state index is -3.75. The van der Waals surface area contributed by atoms with Crippen LogP contribution in [-0.2, 0) is 10.0 Å². The van der Waals surface area contributed by atoms with Gasteiger partial charge in [-0.05, 0) is 57.7 Å². The minimum Gasteiger partial charge on any atom is -0.370 e. The second-order valence-corrected chi connectivity index (χ2v) is 10.3. The highest BCUT2D eigenvalue weighted by Crippen LogP contribution is 2.40. The molecule has 2 aromatic rings. The topological polar surface area (TPSA) is 143 Å². The number of hydrogen-bond acceptors (Lipinski definition) is 8. The van der Waals surface area contributed by atoms with Gasteiger partial charge < -0.3 is 20.9 Å². The largest absolute Gasteiger partial charge is 0.370 e. The third-order valence-corrected chi connectivity index (χ3v) is 7.79. The molecule has 2 aromatic heterocycles. The number of piperidine rings is 1. The van der Waals surface area contributed by atoms with Gasteiger partial charge in [-0.2, -0.15) is 4.31 Å². The highest BCUT2D eigenvalue weighted by molar-refractivity contribution is 7.89. The highest BCUT2D eigenvalue weighted by atomic mass is 32.2. The fraction of sp³-hybridized carbons (Fsp3) is 0.571. The van der Waals surface area contributed by atoms with E-state index in [1.54, 1.807) is 18.2 Å². The Balaban J connectivity index is 1.36. The summed E-state index contributed by atoms with van der Waals surface area (Å²) in [6, 6.07) is 6.20. The average molecular weight is 463 g/mol. The Morgan fingerprint density at radius 2 is 2.12 bits per heavy atom. The van der Waals surface area contributed by atoms with E-state index in [4.69, 9.17) is 10.3 Å². The molecule has 1 aliphatic carbocycles. The van der Waals surface area contributed by atoms with Crippen LogP contribution in [0.1, 0.15) is 61.2 Å². The van der Waals surface area contributed by atoms with Gasteiger partial charge in [-0.1, -0.05) is 11.2 Å². The first kappa shape index (κ1) is 22.7. The van der Waals surface area contributed by atoms with Crippen molar-refractivity contribution in [2.75, 3.05) is 25.0 Å². The zero-order valence-electron chi connectivity index (χ0n) is 18.2. The first-order chi connectivity index (χ1) is 15.4. The van der Waals surface area contributed by atoms with Crippen molar-refractivity contribution in [3.8, 4) is 0 Å². The van der Waals surface area contributed by atoms with Gasteiger partial charge in [0.15, 0.2) is 10.7 Å². The summed E-state index contributed by atoms with van der Waals surface area (Å²) in [6.07, 6.45) is 3.93. The number of rotatable bonds is 9. The van der Waals surface area contributed by atoms with Crippen LogP contribution >= 0.6 is 0 Å². The molecule has 1 aliphatic heterocycles. The molecule has 11 heteroatoms. The third-order valence-electron chi connectivity index (χ3n) is 5.87. The van der Waals surface area contributed by atoms with Crippen LogP contribution in [0, 0.1) is 0 Å². The number of carbonyl (C=O) groups is 1. The van der Waals surface area contributed by atoms with Crippen molar-refractivity contribution >= 4 is 21.7 Å². The Bertz CT molecular complexity index is 1050. The van der Waals surface area contributed by atoms with E-state index in [-0.39, 0.29) is 28.7 Å². The van der Waals surface area contributed by atoms with Crippen molar-refractivity contribution in [3.05, 3.63) is 35.7 Å². The molecule has 2 atom stereocenters. The molecule has 1 amide bonds. The van der Waals surface area contributed by atoms with Crippen LogP contribution in [0.3, 0.4) is 0 Å². The van der Waals surface area contributed by atoms with Crippen molar-refractivity contribution in [2.24, 2.45) is 5.73 Å². The average Bonchev–Trinajstić information content (AvgIpc) is 3.50. The van der Waals surface area contributed by atoms with Crippen molar-refractivity contribution in [2.45, 2.75) is 62.1 Å². The maximum atomic E-state index is 13.2. The molecule has 4 rings (SSSR count). The summed E-state index contributed by atoms with van der Waals surface area (Å²) in [5.74, 6) is 1.37. The number of amides is 1. The number of nitrogens with two attached hydrogens (primary N) is 1. The van der Waals surface area contributed by atoms with Crippen LogP contribution in [-0.4, -0.2) is 60.5 Å². The van der Waals surface area contributed by atoms with Crippen molar-refractivity contribution in [3.63, 3.8) is 0 Å². The van der Waals surface area contributed by atoms with Gasteiger partial charge in [-0.15, -0.1) is 0 Å². The molecule has 3 heterocycles. The predicted octanol–water partition coefficient (Wildman–Crippen LogP) is 1.68. The number of nitrogens with zero attached hydrogens (tertiary/aromatic N) is 3. The SMILES string of the molecule is C[C@H]1C[C@@H](NC(=O)c2cc(C3CC3)on2)CCN1S(=O)(=O)c1cccc(NCCCN)n1. The first-order valence-electron chi connectivity index (χ1n) is 11.1. The van der Waals surface area contributed by atoms with E-state index < -0.39 is 10.0 Å². The zero-order chi connectivity index (χ0) is 22.7. The molecule has 4 N–H and O–H groups in total. The van der Waals surface area contributed by atoms with Crippen molar-refractivity contribution in [1.29, 1.82) is 0 Å². The van der Waals surface area contributed by atoms with Crippen LogP contribution in [0.2, 0.25) is 0 Å². The summed E-state index contributed by atoms with van der Waals surface area (Å²) in [5.41, 5.74) is 5.77. The van der Waals surface area contributed by atoms with Crippen LogP contribution < -0.4 is 16.4 Å². The van der Waals surface area contributed by atoms with E-state index in [0.717, 1.165) is 25.0 Å². The number of carbonyl (C=O) groups excluding carboxylic acids is 1. The first-order valence-corrected chi connectivity index (χ1v) is 12.5. The maximum Gasteiger partial charge on any atom is 0.273 e. The standard InChI is InChI=1S/C21H30N6O4S/c1-14-12-16(24-21(28)17-13-18(31-26-17)15-6-7-15)8-11-27(14)32(29,30)20-5-2-4-19(25-20)23-10-3-9-22/h2,4-5,13-16H,3,6-12,22H2,1H3,(H,23,25)(H,24,28)/t14-,16-/m0/s1. The van der Waals surface area contributed by atoms with Crippen molar-refractivity contribution < 1.29 is 17.7 Å². The Labute approximate surface area is 188 Å². The molecule has 32 heavy (non-hydrogen) atoms. The van der Waals surface area contributed by atoms with E-state index in [0.29, 0.717) is 44.2 Å². The van der Waals surface area contributed by atoms with E-state index in [1.165, 1.54) is 10.4 Å². The Morgan fingerprint density at radius 1 is 1.31 bits per heavy atom. The maximum absolute atomic E-state index is 13.2. The quantitative estimate of drug-likeness (QED) is 0.478. The Morgan fingerprint density at radius 3 is 2.84 bits per heavy atom. The molecule has 0 unspecified atom stereocenters. The molecule has 1 saturated heterocycles. The lowest BCUT2D eigenvalue weighted by atomic mass is 10.0. The van der Waals surface area contributed by atoms with Gasteiger partial charge in [-0.25, -0.2) is 13.4 Å². The van der Waals surface area contributed by atoms with E-state index in [9.17, 15) is 13.2 Å². The molecule has 2 fully saturated rings. The molecule has 0 bridgehead atoms. The monoisotopic (exact) mass is 462 g/mol. The van der Waals surface area contributed by atoms with Gasteiger partial charge in [0, 0.05) is 37.2 Å². The van der Waals surface area contributed by atoms with Gasteiger partial charge in [-0.3, -0.25) is 4.79 Å². The molecular formula is C21H30N6O4S. The molecule has 0 spiro atoms. The summed E-state index contributed by atoms with van der Waals surface area (Å²) in [4.78, 5) is 16.8. The second kappa shape index (κ2) is 9.55. The molecule has 0 radical (unpaired) electrons. The molecule has 2 aliphatic rings. The Kier molecular flexibility index (Phi) is 6.77. The summed E-state index contributed by atoms with van der Waals surface area (Å²) in [5, 5.41) is 9.95. The predicted molar refractivity (Wildman–Crippen MR) is 119 cm³/mol. The van der Waals surface area contributed by atoms with Crippen LogP contribution in [0.5, 0.6) is 0 Å². The number of aromatic nitrogens is 2. The van der Waals surface area contributed by atoms with Gasteiger partial charge in [0.05, 0.1) is 0 Å². The van der Waals surface area contributed by atoms with E-state index in [1.807, 2.05) is 6.92 Å². The smallest absolute Gasteiger partial charge is 0.273 e. The molecule has 174 valence electrons.